The van der Waals surface area contributed by atoms with Gasteiger partial charge in [0.05, 0.1) is 67.6 Å². The number of nitrogens with one attached hydrogen (secondary N) is 1. The number of rotatable bonds is 17. The predicted molar refractivity (Wildman–Crippen MR) is 299 cm³/mol. The van der Waals surface area contributed by atoms with E-state index in [1.54, 1.807) is 42.5 Å². The highest BCUT2D eigenvalue weighted by Gasteiger charge is 2.29. The lowest BCUT2D eigenvalue weighted by Crippen LogP contribution is -2.40. The van der Waals surface area contributed by atoms with Crippen molar-refractivity contribution in [2.45, 2.75) is 123 Å². The minimum atomic E-state index is -1.01. The Morgan fingerprint density at radius 2 is 1.04 bits per heavy atom. The summed E-state index contributed by atoms with van der Waals surface area (Å²) in [5.74, 6) is -1.69. The lowest BCUT2D eigenvalue weighted by atomic mass is 9.99. The minimum Gasteiger partial charge on any atom is -0.480 e. The number of aliphatic carboxylic acids is 1. The molecule has 76 heavy (non-hydrogen) atoms. The molecule has 17 heteroatoms. The van der Waals surface area contributed by atoms with E-state index in [1.807, 2.05) is 64.1 Å². The van der Waals surface area contributed by atoms with E-state index in [0.29, 0.717) is 34.6 Å². The molecule has 4 atom stereocenters. The number of para-hydroxylation sites is 2. The van der Waals surface area contributed by atoms with Gasteiger partial charge >= 0.3 is 17.9 Å². The van der Waals surface area contributed by atoms with Gasteiger partial charge in [0.15, 0.2) is 0 Å². The smallest absolute Gasteiger partial charge is 0.326 e. The number of ether oxygens (including phenoxy) is 2. The molecule has 2 saturated heterocycles. The lowest BCUT2D eigenvalue weighted by molar-refractivity contribution is -0.142. The van der Waals surface area contributed by atoms with Gasteiger partial charge in [0.25, 0.3) is 11.1 Å². The van der Waals surface area contributed by atoms with Gasteiger partial charge in [-0.05, 0) is 123 Å². The Bertz CT molecular complexity index is 2980. The summed E-state index contributed by atoms with van der Waals surface area (Å²) in [6.07, 6.45) is 11.2. The predicted octanol–water partition coefficient (Wildman–Crippen LogP) is 9.34. The number of nitrogens with two attached hydrogens (primary N) is 1. The van der Waals surface area contributed by atoms with Gasteiger partial charge in [-0.3, -0.25) is 33.1 Å². The van der Waals surface area contributed by atoms with Crippen LogP contribution in [-0.2, 0) is 28.7 Å². The van der Waals surface area contributed by atoms with E-state index in [9.17, 15) is 33.9 Å². The average Bonchev–Trinajstić information content (AvgIpc) is 3.43. The molecule has 17 nitrogen and oxygen atoms in total. The highest BCUT2D eigenvalue weighted by Crippen LogP contribution is 2.28. The topological polar surface area (TPSA) is 221 Å². The number of nitrogens with zero attached hydrogens (tertiary/aromatic N) is 6. The van der Waals surface area contributed by atoms with Gasteiger partial charge in [0, 0.05) is 43.6 Å². The Labute approximate surface area is 446 Å². The maximum absolute atomic E-state index is 13.7. The van der Waals surface area contributed by atoms with E-state index >= 15 is 0 Å². The zero-order chi connectivity index (χ0) is 54.0. The van der Waals surface area contributed by atoms with Crippen LogP contribution in [0.2, 0.25) is 0 Å². The number of hydrogen-bond acceptors (Lipinski definition) is 13. The van der Waals surface area contributed by atoms with Crippen molar-refractivity contribution in [1.82, 2.24) is 24.4 Å². The fraction of sp³-hybridized carbons (Fsp3) is 0.458. The summed E-state index contributed by atoms with van der Waals surface area (Å²) in [6, 6.07) is 27.7. The molecule has 0 spiro atoms. The van der Waals surface area contributed by atoms with Crippen molar-refractivity contribution in [3.63, 3.8) is 0 Å². The van der Waals surface area contributed by atoms with E-state index in [-0.39, 0.29) is 61.1 Å². The third-order valence-corrected chi connectivity index (χ3v) is 13.6. The van der Waals surface area contributed by atoms with Crippen LogP contribution in [0.1, 0.15) is 135 Å². The Hall–Kier alpha value is -7.40. The highest BCUT2D eigenvalue weighted by atomic mass is 16.5. The van der Waals surface area contributed by atoms with E-state index in [2.05, 4.69) is 48.0 Å². The summed E-state index contributed by atoms with van der Waals surface area (Å²) in [5.41, 5.74) is 10.8. The van der Waals surface area contributed by atoms with Gasteiger partial charge in [-0.15, -0.1) is 0 Å². The number of benzene rings is 4. The number of carbonyl (C=O) groups is 4. The second-order valence-electron chi connectivity index (χ2n) is 20.1. The number of anilines is 2. The lowest BCUT2D eigenvalue weighted by Gasteiger charge is -2.30. The molecule has 0 bridgehead atoms. The number of fused-ring (bicyclic) bond motifs is 2. The summed E-state index contributed by atoms with van der Waals surface area (Å²) in [7, 11) is 2.73. The largest absolute Gasteiger partial charge is 0.480 e. The first kappa shape index (κ1) is 59.5. The number of methoxy groups -OCH3 is 2. The number of esters is 2. The molecule has 2 aliphatic heterocycles. The Balaban J connectivity index is 0.000000230. The molecule has 1 amide bonds. The van der Waals surface area contributed by atoms with Gasteiger partial charge in [0.2, 0.25) is 5.91 Å². The van der Waals surface area contributed by atoms with Crippen molar-refractivity contribution in [3.05, 3.63) is 142 Å². The van der Waals surface area contributed by atoms with Crippen LogP contribution < -0.4 is 32.0 Å². The number of amides is 1. The molecule has 8 rings (SSSR count). The molecule has 4 N–H and O–H groups in total. The molecule has 0 unspecified atom stereocenters. The van der Waals surface area contributed by atoms with Gasteiger partial charge in [-0.25, -0.2) is 14.8 Å². The molecule has 408 valence electrons. The number of piperidine rings is 2. The molecule has 0 saturated carbocycles. The van der Waals surface area contributed by atoms with Gasteiger partial charge < -0.3 is 35.4 Å². The van der Waals surface area contributed by atoms with Gasteiger partial charge in [-0.2, -0.15) is 0 Å². The quantitative estimate of drug-likeness (QED) is 0.0725. The van der Waals surface area contributed by atoms with Gasteiger partial charge in [0.1, 0.15) is 12.1 Å². The standard InChI is InChI=1S/C29H36N4O4.C15H22N2O2.C14H16N2O3.CH4/c1-20(2)16-26(33-19-30-24-13-6-5-12-23(24)29(33)36)28(35)31-25(18-27(34)37-3)21-10-9-11-22(17-21)32-14-7-4-8-15-32;1-19-15(18)11-14(16)12-6-5-7-13(10-12)17-8-3-2-4-9-17;1-9(2)7-12(14(18)19)16-8-15-11-6-4-3-5-10(11)13(16)17;/h5-6,9-13,17,19-20,25-26H,4,7-8,14-16,18H2,1-3H3,(H,31,35);5-7,10,14H,2-4,8-9,11,16H2,1H3;3-6,8-9,12H,7H2,1-2H3,(H,18,19);1H4/t25-,26-;14-;12-;/m000./s1. The van der Waals surface area contributed by atoms with Crippen LogP contribution in [0.4, 0.5) is 11.4 Å². The third-order valence-electron chi connectivity index (χ3n) is 13.6. The number of carboxylic acid groups (broad SMARTS) is 1. The Kier molecular flexibility index (Phi) is 22.7. The Morgan fingerprint density at radius 3 is 1.51 bits per heavy atom. The maximum Gasteiger partial charge on any atom is 0.326 e. The average molecular weight is 1040 g/mol. The zero-order valence-corrected chi connectivity index (χ0v) is 44.2. The van der Waals surface area contributed by atoms with Crippen molar-refractivity contribution in [3.8, 4) is 0 Å². The van der Waals surface area contributed by atoms with Crippen molar-refractivity contribution < 1.29 is 33.8 Å². The number of aromatic nitrogens is 4. The molecule has 6 aromatic rings. The van der Waals surface area contributed by atoms with E-state index in [4.69, 9.17) is 10.5 Å². The number of carboxylic acids is 1. The zero-order valence-electron chi connectivity index (χ0n) is 44.2. The summed E-state index contributed by atoms with van der Waals surface area (Å²) in [5, 5.41) is 13.3. The molecule has 4 aromatic carbocycles. The van der Waals surface area contributed by atoms with Crippen LogP contribution in [0.25, 0.3) is 21.8 Å². The summed E-state index contributed by atoms with van der Waals surface area (Å²) in [4.78, 5) is 87.6. The molecule has 2 aliphatic rings. The SMILES string of the molecule is C.CC(C)C[C@@H](C(=O)O)n1cnc2ccccc2c1=O.COC(=O)C[C@H](N)c1cccc(N2CCCCC2)c1.COC(=O)C[C@H](NC(=O)[C@H](CC(C)C)n1cnc2ccccc2c1=O)c1cccc(N2CCCCC2)c1. The Morgan fingerprint density at radius 1 is 0.605 bits per heavy atom. The molecule has 2 aromatic heterocycles. The molecule has 0 aliphatic carbocycles. The first-order valence-corrected chi connectivity index (χ1v) is 26.1. The third kappa shape index (κ3) is 16.3. The summed E-state index contributed by atoms with van der Waals surface area (Å²) in [6.45, 7) is 12.1. The molecule has 0 radical (unpaired) electrons. The van der Waals surface area contributed by atoms with E-state index in [1.165, 1.54) is 67.4 Å². The second kappa shape index (κ2) is 29.0. The number of hydrogen-bond donors (Lipinski definition) is 3. The second-order valence-corrected chi connectivity index (χ2v) is 20.1. The van der Waals surface area contributed by atoms with Gasteiger partial charge in [-0.1, -0.05) is 83.7 Å². The molecular weight excluding hydrogens is 965 g/mol. The summed E-state index contributed by atoms with van der Waals surface area (Å²) < 4.78 is 12.2. The minimum absolute atomic E-state index is 0. The number of carbonyl (C=O) groups excluding carboxylic acids is 3. The first-order valence-electron chi connectivity index (χ1n) is 26.1. The molecule has 4 heterocycles. The van der Waals surface area contributed by atoms with Crippen LogP contribution in [0, 0.1) is 11.8 Å². The van der Waals surface area contributed by atoms with Crippen LogP contribution in [0.5, 0.6) is 0 Å². The monoisotopic (exact) mass is 1040 g/mol. The molecular formula is C59H78N8O9. The van der Waals surface area contributed by atoms with Crippen molar-refractivity contribution in [2.24, 2.45) is 17.6 Å². The fourth-order valence-electron chi connectivity index (χ4n) is 9.53. The molecule has 2 fully saturated rings. The normalized spacial score (nSPS) is 15.0. The first-order chi connectivity index (χ1) is 36.1. The van der Waals surface area contributed by atoms with Crippen molar-refractivity contribution in [1.29, 1.82) is 0 Å². The van der Waals surface area contributed by atoms with Crippen LogP contribution >= 0.6 is 0 Å². The fourth-order valence-corrected chi connectivity index (χ4v) is 9.53. The van der Waals surface area contributed by atoms with Crippen molar-refractivity contribution in [2.75, 3.05) is 50.2 Å². The van der Waals surface area contributed by atoms with Crippen molar-refractivity contribution >= 4 is 57.0 Å². The summed E-state index contributed by atoms with van der Waals surface area (Å²) >= 11 is 0. The van der Waals surface area contributed by atoms with E-state index in [0.717, 1.165) is 55.8 Å². The maximum atomic E-state index is 13.7. The van der Waals surface area contributed by atoms with Crippen LogP contribution in [0.3, 0.4) is 0 Å². The van der Waals surface area contributed by atoms with Crippen LogP contribution in [0.15, 0.2) is 119 Å². The highest BCUT2D eigenvalue weighted by molar-refractivity contribution is 5.83. The van der Waals surface area contributed by atoms with E-state index < -0.39 is 30.1 Å². The van der Waals surface area contributed by atoms with Crippen LogP contribution in [-0.4, -0.2) is 88.4 Å².